The lowest BCUT2D eigenvalue weighted by Crippen LogP contribution is -2.33. The van der Waals surface area contributed by atoms with Crippen LogP contribution in [0.15, 0.2) is 48.5 Å². The molecule has 0 aliphatic rings. The van der Waals surface area contributed by atoms with Gasteiger partial charge in [0.25, 0.3) is 5.91 Å². The van der Waals surface area contributed by atoms with E-state index in [-0.39, 0.29) is 29.8 Å². The van der Waals surface area contributed by atoms with Gasteiger partial charge in [0, 0.05) is 11.5 Å². The van der Waals surface area contributed by atoms with E-state index in [1.807, 2.05) is 0 Å². The average Bonchev–Trinajstić information content (AvgIpc) is 2.77. The summed E-state index contributed by atoms with van der Waals surface area (Å²) < 4.78 is 15.6. The number of hydrogen-bond acceptors (Lipinski definition) is 8. The number of methoxy groups -OCH3 is 1. The highest BCUT2D eigenvalue weighted by molar-refractivity contribution is 7.81. The maximum atomic E-state index is 12.4. The zero-order valence-corrected chi connectivity index (χ0v) is 18.1. The first-order valence-corrected chi connectivity index (χ1v) is 10.2. The van der Waals surface area contributed by atoms with Crippen molar-refractivity contribution in [2.45, 2.75) is 19.4 Å². The van der Waals surface area contributed by atoms with Crippen LogP contribution in [0.25, 0.3) is 0 Å². The minimum absolute atomic E-state index is 0.0370. The Labute approximate surface area is 185 Å². The molecule has 0 saturated heterocycles. The zero-order chi connectivity index (χ0) is 22.8. The molecule has 0 spiro atoms. The molecular formula is C22H25NO7S. The second-order valence-corrected chi connectivity index (χ2v) is 7.04. The third-order valence-corrected chi connectivity index (χ3v) is 4.76. The van der Waals surface area contributed by atoms with Crippen molar-refractivity contribution in [1.82, 2.24) is 5.32 Å². The fourth-order valence-corrected chi connectivity index (χ4v) is 2.94. The SMILES string of the molecule is COc1ccc([C@H](OC(=O)NC(=O)c2ccccc2)[C@H](C)CCOC(=O)CS)cc1O. The molecule has 0 aromatic heterocycles. The van der Waals surface area contributed by atoms with E-state index in [9.17, 15) is 19.5 Å². The molecule has 0 aliphatic carbocycles. The Morgan fingerprint density at radius 1 is 1.13 bits per heavy atom. The van der Waals surface area contributed by atoms with Gasteiger partial charge in [0.05, 0.1) is 19.5 Å². The van der Waals surface area contributed by atoms with Crippen LogP contribution in [-0.2, 0) is 14.3 Å². The quantitative estimate of drug-likeness (QED) is 0.398. The zero-order valence-electron chi connectivity index (χ0n) is 17.2. The summed E-state index contributed by atoms with van der Waals surface area (Å²) in [6, 6.07) is 12.9. The van der Waals surface area contributed by atoms with Gasteiger partial charge in [0.2, 0.25) is 0 Å². The Kier molecular flexibility index (Phi) is 9.20. The van der Waals surface area contributed by atoms with Crippen LogP contribution in [-0.4, -0.2) is 42.5 Å². The largest absolute Gasteiger partial charge is 0.504 e. The van der Waals surface area contributed by atoms with Gasteiger partial charge in [0.15, 0.2) is 11.5 Å². The second kappa shape index (κ2) is 11.8. The first-order valence-electron chi connectivity index (χ1n) is 9.56. The van der Waals surface area contributed by atoms with Crippen molar-refractivity contribution in [3.8, 4) is 11.5 Å². The standard InChI is InChI=1S/C22H25NO7S/c1-14(10-11-29-19(25)13-31)20(16-8-9-18(28-2)17(24)12-16)30-22(27)23-21(26)15-6-4-3-5-7-15/h3-9,12,14,20,24,31H,10-11,13H2,1-2H3,(H,23,26,27)/t14-,20-/m1/s1. The molecule has 2 amide bonds. The molecule has 0 heterocycles. The molecular weight excluding hydrogens is 422 g/mol. The summed E-state index contributed by atoms with van der Waals surface area (Å²) in [7, 11) is 1.42. The van der Waals surface area contributed by atoms with Crippen LogP contribution in [0.5, 0.6) is 11.5 Å². The van der Waals surface area contributed by atoms with Crippen molar-refractivity contribution >= 4 is 30.6 Å². The summed E-state index contributed by atoms with van der Waals surface area (Å²) in [5.41, 5.74) is 0.804. The van der Waals surface area contributed by atoms with Gasteiger partial charge in [-0.05, 0) is 36.2 Å². The van der Waals surface area contributed by atoms with E-state index in [1.165, 1.54) is 13.2 Å². The van der Waals surface area contributed by atoms with Crippen molar-refractivity contribution in [1.29, 1.82) is 0 Å². The van der Waals surface area contributed by atoms with Gasteiger partial charge in [-0.1, -0.05) is 31.2 Å². The van der Waals surface area contributed by atoms with Crippen LogP contribution in [0.3, 0.4) is 0 Å². The number of carbonyl (C=O) groups is 3. The molecule has 2 aromatic rings. The van der Waals surface area contributed by atoms with Crippen molar-refractivity contribution < 1.29 is 33.7 Å². The molecule has 0 fully saturated rings. The van der Waals surface area contributed by atoms with Crippen LogP contribution < -0.4 is 10.1 Å². The topological polar surface area (TPSA) is 111 Å². The Balaban J connectivity index is 2.14. The summed E-state index contributed by atoms with van der Waals surface area (Å²) in [5, 5.41) is 12.3. The first-order chi connectivity index (χ1) is 14.8. The summed E-state index contributed by atoms with van der Waals surface area (Å²) >= 11 is 3.85. The highest BCUT2D eigenvalue weighted by Crippen LogP contribution is 2.34. The number of phenols is 1. The molecule has 0 saturated carbocycles. The number of nitrogens with one attached hydrogen (secondary N) is 1. The number of aromatic hydroxyl groups is 1. The smallest absolute Gasteiger partial charge is 0.414 e. The molecule has 0 radical (unpaired) electrons. The summed E-state index contributed by atoms with van der Waals surface area (Å²) in [6.07, 6.45) is -1.39. The molecule has 9 heteroatoms. The van der Waals surface area contributed by atoms with Crippen LogP contribution in [0.2, 0.25) is 0 Å². The fourth-order valence-electron chi connectivity index (χ4n) is 2.85. The average molecular weight is 448 g/mol. The lowest BCUT2D eigenvalue weighted by atomic mass is 9.94. The van der Waals surface area contributed by atoms with Crippen LogP contribution in [0.4, 0.5) is 4.79 Å². The van der Waals surface area contributed by atoms with Crippen LogP contribution in [0, 0.1) is 5.92 Å². The first kappa shape index (κ1) is 24.1. The van der Waals surface area contributed by atoms with E-state index >= 15 is 0 Å². The molecule has 2 N–H and O–H groups in total. The number of hydrogen-bond donors (Lipinski definition) is 3. The molecule has 0 aliphatic heterocycles. The highest BCUT2D eigenvalue weighted by atomic mass is 32.1. The van der Waals surface area contributed by atoms with Crippen molar-refractivity contribution in [3.05, 3.63) is 59.7 Å². The lowest BCUT2D eigenvalue weighted by Gasteiger charge is -2.25. The lowest BCUT2D eigenvalue weighted by molar-refractivity contribution is -0.141. The Morgan fingerprint density at radius 2 is 1.84 bits per heavy atom. The van der Waals surface area contributed by atoms with Crippen LogP contribution >= 0.6 is 12.6 Å². The molecule has 31 heavy (non-hydrogen) atoms. The number of phenolic OH excluding ortho intramolecular Hbond substituents is 1. The monoisotopic (exact) mass is 447 g/mol. The van der Waals surface area contributed by atoms with E-state index in [4.69, 9.17) is 14.2 Å². The van der Waals surface area contributed by atoms with E-state index < -0.39 is 24.1 Å². The normalized spacial score (nSPS) is 12.4. The Morgan fingerprint density at radius 3 is 2.45 bits per heavy atom. The van der Waals surface area contributed by atoms with Gasteiger partial charge >= 0.3 is 12.1 Å². The van der Waals surface area contributed by atoms with E-state index in [1.54, 1.807) is 49.4 Å². The van der Waals surface area contributed by atoms with Gasteiger partial charge in [0.1, 0.15) is 6.10 Å². The number of imide groups is 1. The second-order valence-electron chi connectivity index (χ2n) is 6.72. The van der Waals surface area contributed by atoms with E-state index in [0.29, 0.717) is 17.5 Å². The van der Waals surface area contributed by atoms with E-state index in [2.05, 4.69) is 17.9 Å². The van der Waals surface area contributed by atoms with Crippen LogP contribution in [0.1, 0.15) is 35.4 Å². The molecule has 2 rings (SSSR count). The van der Waals surface area contributed by atoms with Gasteiger partial charge in [-0.25, -0.2) is 4.79 Å². The number of amides is 2. The number of ether oxygens (including phenoxy) is 3. The minimum Gasteiger partial charge on any atom is -0.504 e. The summed E-state index contributed by atoms with van der Waals surface area (Å²) in [4.78, 5) is 35.9. The number of thiol groups is 1. The van der Waals surface area contributed by atoms with E-state index in [0.717, 1.165) is 0 Å². The molecule has 0 bridgehead atoms. The molecule has 166 valence electrons. The number of esters is 1. The van der Waals surface area contributed by atoms with Gasteiger partial charge < -0.3 is 19.3 Å². The maximum absolute atomic E-state index is 12.4. The molecule has 2 atom stereocenters. The summed E-state index contributed by atoms with van der Waals surface area (Å²) in [6.45, 7) is 1.90. The third kappa shape index (κ3) is 7.21. The summed E-state index contributed by atoms with van der Waals surface area (Å²) in [5.74, 6) is -1.26. The van der Waals surface area contributed by atoms with Crippen molar-refractivity contribution in [2.24, 2.45) is 5.92 Å². The highest BCUT2D eigenvalue weighted by Gasteiger charge is 2.26. The van der Waals surface area contributed by atoms with Gasteiger partial charge in [-0.2, -0.15) is 12.6 Å². The van der Waals surface area contributed by atoms with Gasteiger partial charge in [-0.15, -0.1) is 0 Å². The number of benzene rings is 2. The van der Waals surface area contributed by atoms with Crippen molar-refractivity contribution in [3.63, 3.8) is 0 Å². The fraction of sp³-hybridized carbons (Fsp3) is 0.318. The van der Waals surface area contributed by atoms with Crippen molar-refractivity contribution in [2.75, 3.05) is 19.5 Å². The molecule has 8 nitrogen and oxygen atoms in total. The maximum Gasteiger partial charge on any atom is 0.414 e. The number of rotatable bonds is 9. The molecule has 0 unspecified atom stereocenters. The predicted molar refractivity (Wildman–Crippen MR) is 116 cm³/mol. The minimum atomic E-state index is -0.937. The Bertz CT molecular complexity index is 904. The predicted octanol–water partition coefficient (Wildman–Crippen LogP) is 3.51. The third-order valence-electron chi connectivity index (χ3n) is 4.50. The number of carbonyl (C=O) groups excluding carboxylic acids is 3. The Hall–Kier alpha value is -3.20. The molecule has 2 aromatic carbocycles. The number of alkyl carbamates (subject to hydrolysis) is 1. The van der Waals surface area contributed by atoms with Gasteiger partial charge in [-0.3, -0.25) is 14.9 Å².